The lowest BCUT2D eigenvalue weighted by atomic mass is 9.85. The number of aliphatic carboxylic acids is 2. The first kappa shape index (κ1) is 19.2. The standard InChI is InChI=1S/C20H26O5/c1-14-7-6-8-15-13-20(2,11-10-16(14)15)25-12-5-3-4-9-17(18(21)22)19(23)24/h6-8,10-11,17H,3-5,9,12-13H2,1-2H3,(H,21,22)(H,23,24). The van der Waals surface area contributed by atoms with Crippen LogP contribution in [0.3, 0.4) is 0 Å². The van der Waals surface area contributed by atoms with Crippen LogP contribution in [0.15, 0.2) is 24.3 Å². The molecule has 136 valence electrons. The van der Waals surface area contributed by atoms with Gasteiger partial charge < -0.3 is 14.9 Å². The number of benzene rings is 1. The molecule has 25 heavy (non-hydrogen) atoms. The highest BCUT2D eigenvalue weighted by molar-refractivity contribution is 5.92. The maximum Gasteiger partial charge on any atom is 0.317 e. The summed E-state index contributed by atoms with van der Waals surface area (Å²) in [4.78, 5) is 21.6. The molecule has 1 aromatic carbocycles. The van der Waals surface area contributed by atoms with E-state index in [9.17, 15) is 9.59 Å². The van der Waals surface area contributed by atoms with Crippen LogP contribution in [0.5, 0.6) is 0 Å². The summed E-state index contributed by atoms with van der Waals surface area (Å²) in [6.07, 6.45) is 7.34. The Bertz CT molecular complexity index is 650. The first-order valence-electron chi connectivity index (χ1n) is 8.70. The molecule has 0 fully saturated rings. The van der Waals surface area contributed by atoms with Gasteiger partial charge in [-0.3, -0.25) is 9.59 Å². The van der Waals surface area contributed by atoms with E-state index in [1.165, 1.54) is 16.7 Å². The Balaban J connectivity index is 1.74. The van der Waals surface area contributed by atoms with Crippen LogP contribution < -0.4 is 0 Å². The molecule has 2 N–H and O–H groups in total. The Morgan fingerprint density at radius 1 is 1.20 bits per heavy atom. The highest BCUT2D eigenvalue weighted by Gasteiger charge is 2.27. The summed E-state index contributed by atoms with van der Waals surface area (Å²) in [6, 6.07) is 6.30. The van der Waals surface area contributed by atoms with Crippen molar-refractivity contribution >= 4 is 18.0 Å². The van der Waals surface area contributed by atoms with Crippen molar-refractivity contribution in [3.63, 3.8) is 0 Å². The molecule has 5 nitrogen and oxygen atoms in total. The Morgan fingerprint density at radius 2 is 1.92 bits per heavy atom. The largest absolute Gasteiger partial charge is 0.481 e. The fraction of sp³-hybridized carbons (Fsp3) is 0.500. The Labute approximate surface area is 148 Å². The van der Waals surface area contributed by atoms with Crippen LogP contribution in [0.1, 0.15) is 49.3 Å². The SMILES string of the molecule is Cc1cccc2c1C=CC(C)(OCCCCCC(C(=O)O)C(=O)O)C2. The van der Waals surface area contributed by atoms with Crippen LogP contribution in [-0.2, 0) is 20.7 Å². The van der Waals surface area contributed by atoms with Crippen LogP contribution in [0.25, 0.3) is 6.08 Å². The summed E-state index contributed by atoms with van der Waals surface area (Å²) >= 11 is 0. The highest BCUT2D eigenvalue weighted by Crippen LogP contribution is 2.30. The van der Waals surface area contributed by atoms with Gasteiger partial charge in [0.15, 0.2) is 5.92 Å². The van der Waals surface area contributed by atoms with Gasteiger partial charge in [0.25, 0.3) is 0 Å². The van der Waals surface area contributed by atoms with Crippen molar-refractivity contribution < 1.29 is 24.5 Å². The quantitative estimate of drug-likeness (QED) is 0.526. The van der Waals surface area contributed by atoms with Crippen molar-refractivity contribution in [2.75, 3.05) is 6.61 Å². The van der Waals surface area contributed by atoms with Crippen LogP contribution in [0.4, 0.5) is 0 Å². The summed E-state index contributed by atoms with van der Waals surface area (Å²) in [5.74, 6) is -3.84. The molecule has 1 aromatic rings. The van der Waals surface area contributed by atoms with Gasteiger partial charge in [-0.25, -0.2) is 0 Å². The van der Waals surface area contributed by atoms with E-state index >= 15 is 0 Å². The summed E-state index contributed by atoms with van der Waals surface area (Å²) in [6.45, 7) is 4.75. The fourth-order valence-corrected chi connectivity index (χ4v) is 3.22. The van der Waals surface area contributed by atoms with Gasteiger partial charge in [0.05, 0.1) is 5.60 Å². The molecule has 1 aliphatic rings. The number of unbranched alkanes of at least 4 members (excludes halogenated alkanes) is 2. The number of aryl methyl sites for hydroxylation is 1. The Kier molecular flexibility index (Phi) is 6.37. The molecule has 1 unspecified atom stereocenters. The zero-order chi connectivity index (χ0) is 18.4. The number of carbonyl (C=O) groups is 2. The summed E-state index contributed by atoms with van der Waals surface area (Å²) in [7, 11) is 0. The molecule has 0 saturated heterocycles. The molecule has 5 heteroatoms. The molecule has 1 atom stereocenters. The van der Waals surface area contributed by atoms with E-state index in [4.69, 9.17) is 14.9 Å². The zero-order valence-corrected chi connectivity index (χ0v) is 14.8. The maximum absolute atomic E-state index is 10.8. The van der Waals surface area contributed by atoms with E-state index < -0.39 is 17.9 Å². The van der Waals surface area contributed by atoms with E-state index in [-0.39, 0.29) is 12.0 Å². The zero-order valence-electron chi connectivity index (χ0n) is 14.8. The number of hydrogen-bond acceptors (Lipinski definition) is 3. The lowest BCUT2D eigenvalue weighted by molar-refractivity contribution is -0.154. The van der Waals surface area contributed by atoms with Crippen molar-refractivity contribution in [2.24, 2.45) is 5.92 Å². The minimum absolute atomic E-state index is 0.161. The number of carboxylic acids is 2. The van der Waals surface area contributed by atoms with Crippen molar-refractivity contribution in [1.82, 2.24) is 0 Å². The maximum atomic E-state index is 10.8. The highest BCUT2D eigenvalue weighted by atomic mass is 16.5. The van der Waals surface area contributed by atoms with Gasteiger partial charge in [-0.1, -0.05) is 43.2 Å². The van der Waals surface area contributed by atoms with Crippen molar-refractivity contribution in [1.29, 1.82) is 0 Å². The minimum Gasteiger partial charge on any atom is -0.481 e. The van der Waals surface area contributed by atoms with Gasteiger partial charge in [0, 0.05) is 13.0 Å². The molecule has 0 saturated carbocycles. The van der Waals surface area contributed by atoms with E-state index in [1.54, 1.807) is 0 Å². The predicted octanol–water partition coefficient (Wildman–Crippen LogP) is 3.69. The van der Waals surface area contributed by atoms with Gasteiger partial charge in [-0.05, 0) is 43.4 Å². The first-order chi connectivity index (χ1) is 11.8. The predicted molar refractivity (Wildman–Crippen MR) is 95.5 cm³/mol. The van der Waals surface area contributed by atoms with Crippen LogP contribution >= 0.6 is 0 Å². The average molecular weight is 346 g/mol. The van der Waals surface area contributed by atoms with E-state index in [0.717, 1.165) is 19.3 Å². The second-order valence-electron chi connectivity index (χ2n) is 6.90. The van der Waals surface area contributed by atoms with Gasteiger partial charge >= 0.3 is 11.9 Å². The number of rotatable bonds is 9. The lowest BCUT2D eigenvalue weighted by Gasteiger charge is -2.31. The number of ether oxygens (including phenoxy) is 1. The third-order valence-corrected chi connectivity index (χ3v) is 4.72. The van der Waals surface area contributed by atoms with Crippen LogP contribution in [0.2, 0.25) is 0 Å². The monoisotopic (exact) mass is 346 g/mol. The molecule has 1 aliphatic carbocycles. The van der Waals surface area contributed by atoms with Crippen molar-refractivity contribution in [3.05, 3.63) is 41.0 Å². The van der Waals surface area contributed by atoms with Gasteiger partial charge in [-0.2, -0.15) is 0 Å². The van der Waals surface area contributed by atoms with Gasteiger partial charge in [-0.15, -0.1) is 0 Å². The Hall–Kier alpha value is -2.14. The average Bonchev–Trinajstić information content (AvgIpc) is 2.53. The number of hydrogen-bond donors (Lipinski definition) is 2. The lowest BCUT2D eigenvalue weighted by Crippen LogP contribution is -2.31. The summed E-state index contributed by atoms with van der Waals surface area (Å²) in [5.41, 5.74) is 3.50. The summed E-state index contributed by atoms with van der Waals surface area (Å²) < 4.78 is 6.05. The van der Waals surface area contributed by atoms with E-state index in [1.807, 2.05) is 0 Å². The molecule has 0 spiro atoms. The summed E-state index contributed by atoms with van der Waals surface area (Å²) in [5, 5.41) is 17.7. The number of carboxylic acid groups (broad SMARTS) is 2. The molecule has 0 heterocycles. The van der Waals surface area contributed by atoms with E-state index in [2.05, 4.69) is 44.2 Å². The Morgan fingerprint density at radius 3 is 2.60 bits per heavy atom. The molecule has 2 rings (SSSR count). The molecule has 0 aromatic heterocycles. The number of fused-ring (bicyclic) bond motifs is 1. The third kappa shape index (κ3) is 5.16. The second kappa shape index (κ2) is 8.30. The van der Waals surface area contributed by atoms with Gasteiger partial charge in [0.2, 0.25) is 0 Å². The van der Waals surface area contributed by atoms with Gasteiger partial charge in [0.1, 0.15) is 0 Å². The molecule has 0 aliphatic heterocycles. The topological polar surface area (TPSA) is 83.8 Å². The van der Waals surface area contributed by atoms with Crippen molar-refractivity contribution in [3.8, 4) is 0 Å². The smallest absolute Gasteiger partial charge is 0.317 e. The first-order valence-corrected chi connectivity index (χ1v) is 8.70. The normalized spacial score (nSPS) is 19.0. The fourth-order valence-electron chi connectivity index (χ4n) is 3.22. The second-order valence-corrected chi connectivity index (χ2v) is 6.90. The van der Waals surface area contributed by atoms with Crippen LogP contribution in [-0.4, -0.2) is 34.4 Å². The molecule has 0 bridgehead atoms. The van der Waals surface area contributed by atoms with E-state index in [0.29, 0.717) is 13.0 Å². The van der Waals surface area contributed by atoms with Crippen molar-refractivity contribution in [2.45, 2.75) is 51.6 Å². The minimum atomic E-state index is -1.31. The molecule has 0 amide bonds. The third-order valence-electron chi connectivity index (χ3n) is 4.72. The molecular formula is C20H26O5. The molecule has 0 radical (unpaired) electrons. The molecular weight excluding hydrogens is 320 g/mol. The van der Waals surface area contributed by atoms with Crippen LogP contribution in [0, 0.1) is 12.8 Å².